The number of carbonyl (C=O) groups is 3. The van der Waals surface area contributed by atoms with Crippen LogP contribution in [0.5, 0.6) is 0 Å². The van der Waals surface area contributed by atoms with Crippen molar-refractivity contribution >= 4 is 17.9 Å². The molecule has 0 aromatic carbocycles. The van der Waals surface area contributed by atoms with Crippen LogP contribution in [0.4, 0.5) is 0 Å². The largest absolute Gasteiger partial charge is 0.462 e. The van der Waals surface area contributed by atoms with E-state index >= 15 is 0 Å². The second-order valence-corrected chi connectivity index (χ2v) is 23.0. The summed E-state index contributed by atoms with van der Waals surface area (Å²) in [5, 5.41) is 0. The van der Waals surface area contributed by atoms with Crippen LogP contribution in [0.2, 0.25) is 0 Å². The maximum Gasteiger partial charge on any atom is 0.306 e. The van der Waals surface area contributed by atoms with Crippen LogP contribution < -0.4 is 0 Å². The summed E-state index contributed by atoms with van der Waals surface area (Å²) in [7, 11) is 0. The Hall–Kier alpha value is -4.19. The van der Waals surface area contributed by atoms with Crippen molar-refractivity contribution in [2.75, 3.05) is 13.2 Å². The third kappa shape index (κ3) is 68.5. The van der Waals surface area contributed by atoms with E-state index in [1.165, 1.54) is 167 Å². The maximum absolute atomic E-state index is 12.9. The molecule has 0 aromatic heterocycles. The van der Waals surface area contributed by atoms with Crippen LogP contribution >= 0.6 is 0 Å². The van der Waals surface area contributed by atoms with Gasteiger partial charge in [0, 0.05) is 19.3 Å². The van der Waals surface area contributed by atoms with Crippen molar-refractivity contribution < 1.29 is 28.6 Å². The lowest BCUT2D eigenvalue weighted by atomic mass is 10.0. The number of hydrogen-bond acceptors (Lipinski definition) is 6. The summed E-state index contributed by atoms with van der Waals surface area (Å²) in [4.78, 5) is 38.2. The van der Waals surface area contributed by atoms with E-state index in [-0.39, 0.29) is 37.5 Å². The molecule has 0 saturated carbocycles. The Bertz CT molecular complexity index is 1700. The van der Waals surface area contributed by atoms with Crippen molar-refractivity contribution in [2.24, 2.45) is 0 Å². The van der Waals surface area contributed by atoms with Crippen LogP contribution in [0.3, 0.4) is 0 Å². The molecular weight excluding hydrogens is 1020 g/mol. The van der Waals surface area contributed by atoms with Gasteiger partial charge in [-0.2, -0.15) is 0 Å². The summed E-state index contributed by atoms with van der Waals surface area (Å²) in [6.07, 6.45) is 98.3. The smallest absolute Gasteiger partial charge is 0.306 e. The molecule has 0 saturated heterocycles. The Morgan fingerprint density at radius 3 is 0.759 bits per heavy atom. The Kier molecular flexibility index (Phi) is 66.7. The molecule has 1 unspecified atom stereocenters. The first-order valence-corrected chi connectivity index (χ1v) is 35.0. The molecule has 0 aliphatic heterocycles. The molecule has 0 fully saturated rings. The van der Waals surface area contributed by atoms with Crippen LogP contribution in [-0.2, 0) is 28.6 Å². The molecule has 1 atom stereocenters. The zero-order valence-electron chi connectivity index (χ0n) is 54.4. The topological polar surface area (TPSA) is 78.9 Å². The molecule has 0 bridgehead atoms. The lowest BCUT2D eigenvalue weighted by Crippen LogP contribution is -2.30. The van der Waals surface area contributed by atoms with Gasteiger partial charge in [0.15, 0.2) is 6.10 Å². The second-order valence-electron chi connectivity index (χ2n) is 23.0. The molecule has 0 N–H and O–H groups in total. The summed E-state index contributed by atoms with van der Waals surface area (Å²) in [6, 6.07) is 0. The molecule has 6 nitrogen and oxygen atoms in total. The SMILES string of the molecule is CC/C=C\C/C=C\C/C=C\C/C=C\C/C=C\C/C=C\CCCCC(=O)OC(COC(=O)CCCCCCCCCCC)COC(=O)CCCCCCCCCCCCCCCCCCCCCCCC/C=C\C/C=C\C/C=C\C/C=C\CC. The van der Waals surface area contributed by atoms with Gasteiger partial charge in [-0.1, -0.05) is 322 Å². The van der Waals surface area contributed by atoms with E-state index in [1.54, 1.807) is 0 Å². The quantitative estimate of drug-likeness (QED) is 0.0261. The van der Waals surface area contributed by atoms with E-state index < -0.39 is 6.10 Å². The third-order valence-electron chi connectivity index (χ3n) is 15.0. The van der Waals surface area contributed by atoms with Gasteiger partial charge >= 0.3 is 17.9 Å². The maximum atomic E-state index is 12.9. The molecular formula is C77H130O6. The Labute approximate surface area is 513 Å². The summed E-state index contributed by atoms with van der Waals surface area (Å²) in [5.41, 5.74) is 0. The highest BCUT2D eigenvalue weighted by molar-refractivity contribution is 5.71. The van der Waals surface area contributed by atoms with Gasteiger partial charge in [-0.05, 0) is 109 Å². The first kappa shape index (κ1) is 78.8. The molecule has 0 aliphatic carbocycles. The van der Waals surface area contributed by atoms with E-state index in [9.17, 15) is 14.4 Å². The Morgan fingerprint density at radius 2 is 0.470 bits per heavy atom. The monoisotopic (exact) mass is 1150 g/mol. The lowest BCUT2D eigenvalue weighted by molar-refractivity contribution is -0.167. The predicted molar refractivity (Wildman–Crippen MR) is 362 cm³/mol. The number of unbranched alkanes of at least 4 members (excludes halogenated alkanes) is 32. The van der Waals surface area contributed by atoms with Crippen molar-refractivity contribution in [3.05, 3.63) is 122 Å². The molecule has 0 heterocycles. The van der Waals surface area contributed by atoms with Crippen molar-refractivity contribution in [1.82, 2.24) is 0 Å². The Morgan fingerprint density at radius 1 is 0.253 bits per heavy atom. The van der Waals surface area contributed by atoms with E-state index in [1.807, 2.05) is 0 Å². The summed E-state index contributed by atoms with van der Waals surface area (Å²) in [6.45, 7) is 6.38. The number of allylic oxidation sites excluding steroid dienone is 20. The minimum Gasteiger partial charge on any atom is -0.462 e. The van der Waals surface area contributed by atoms with Gasteiger partial charge in [-0.3, -0.25) is 14.4 Å². The second kappa shape index (κ2) is 70.3. The zero-order valence-corrected chi connectivity index (χ0v) is 54.4. The fraction of sp³-hybridized carbons (Fsp3) is 0.701. The van der Waals surface area contributed by atoms with Gasteiger partial charge in [-0.15, -0.1) is 0 Å². The average molecular weight is 1150 g/mol. The first-order valence-electron chi connectivity index (χ1n) is 35.0. The minimum absolute atomic E-state index is 0.0930. The predicted octanol–water partition coefficient (Wildman–Crippen LogP) is 24.3. The number of hydrogen-bond donors (Lipinski definition) is 0. The van der Waals surface area contributed by atoms with Crippen molar-refractivity contribution in [3.63, 3.8) is 0 Å². The first-order chi connectivity index (χ1) is 41.0. The number of carbonyl (C=O) groups excluding carboxylic acids is 3. The van der Waals surface area contributed by atoms with Gasteiger partial charge in [0.2, 0.25) is 0 Å². The standard InChI is InChI=1S/C77H130O6/c1-4-7-10-13-16-19-21-23-25-27-29-31-32-33-34-35-36-37-38-39-40-41-42-43-44-46-47-49-51-53-55-58-61-64-67-70-76(79)82-73-74(72-81-75(78)69-66-63-60-57-18-15-12-9-6-3)83-77(80)71-68-65-62-59-56-54-52-50-48-45-30-28-26-24-22-20-17-14-11-8-5-2/h7-8,10-11,16-17,19-20,23-26,29-31,45,50,52,56,59,74H,4-6,9,12-15,18,21-22,27-28,32-44,46-49,51,53-55,57-58,60-73H2,1-3H3/b10-7-,11-8-,19-16-,20-17-,25-23-,26-24-,31-29-,45-30-,52-50-,59-56-. The highest BCUT2D eigenvalue weighted by Gasteiger charge is 2.19. The van der Waals surface area contributed by atoms with Crippen LogP contribution in [0.25, 0.3) is 0 Å². The van der Waals surface area contributed by atoms with Crippen molar-refractivity contribution in [2.45, 2.75) is 335 Å². The number of rotatable bonds is 63. The molecule has 0 spiro atoms. The highest BCUT2D eigenvalue weighted by Crippen LogP contribution is 2.17. The summed E-state index contributed by atoms with van der Waals surface area (Å²) < 4.78 is 16.9. The molecule has 0 amide bonds. The number of esters is 3. The van der Waals surface area contributed by atoms with Gasteiger partial charge in [0.1, 0.15) is 13.2 Å². The van der Waals surface area contributed by atoms with Gasteiger partial charge in [0.05, 0.1) is 0 Å². The summed E-state index contributed by atoms with van der Waals surface area (Å²) >= 11 is 0. The van der Waals surface area contributed by atoms with Crippen molar-refractivity contribution in [1.29, 1.82) is 0 Å². The zero-order chi connectivity index (χ0) is 59.9. The van der Waals surface area contributed by atoms with Crippen LogP contribution in [0.1, 0.15) is 329 Å². The van der Waals surface area contributed by atoms with E-state index in [2.05, 4.69) is 142 Å². The highest BCUT2D eigenvalue weighted by atomic mass is 16.6. The third-order valence-corrected chi connectivity index (χ3v) is 15.0. The summed E-state index contributed by atoms with van der Waals surface area (Å²) in [5.74, 6) is -0.929. The molecule has 474 valence electrons. The average Bonchev–Trinajstić information content (AvgIpc) is 3.49. The van der Waals surface area contributed by atoms with Gasteiger partial charge in [-0.25, -0.2) is 0 Å². The van der Waals surface area contributed by atoms with Gasteiger partial charge < -0.3 is 14.2 Å². The molecule has 0 rings (SSSR count). The molecule has 0 aromatic rings. The molecule has 0 aliphatic rings. The van der Waals surface area contributed by atoms with E-state index in [0.717, 1.165) is 116 Å². The fourth-order valence-corrected chi connectivity index (χ4v) is 9.79. The normalized spacial score (nSPS) is 12.9. The molecule has 0 radical (unpaired) electrons. The number of ether oxygens (including phenoxy) is 3. The fourth-order valence-electron chi connectivity index (χ4n) is 9.79. The molecule has 83 heavy (non-hydrogen) atoms. The van der Waals surface area contributed by atoms with Crippen LogP contribution in [0, 0.1) is 0 Å². The van der Waals surface area contributed by atoms with E-state index in [0.29, 0.717) is 19.3 Å². The van der Waals surface area contributed by atoms with Crippen LogP contribution in [0.15, 0.2) is 122 Å². The van der Waals surface area contributed by atoms with Crippen molar-refractivity contribution in [3.8, 4) is 0 Å². The van der Waals surface area contributed by atoms with Gasteiger partial charge in [0.25, 0.3) is 0 Å². The Balaban J connectivity index is 4.12. The van der Waals surface area contributed by atoms with E-state index in [4.69, 9.17) is 14.2 Å². The minimum atomic E-state index is -0.800. The molecule has 6 heteroatoms. The lowest BCUT2D eigenvalue weighted by Gasteiger charge is -2.18. The van der Waals surface area contributed by atoms with Crippen LogP contribution in [-0.4, -0.2) is 37.2 Å².